The van der Waals surface area contributed by atoms with Gasteiger partial charge < -0.3 is 20.5 Å². The number of rotatable bonds is 6. The molecule has 0 aliphatic carbocycles. The van der Waals surface area contributed by atoms with E-state index in [0.29, 0.717) is 4.88 Å². The molecule has 1 rings (SSSR count). The number of methoxy groups -OCH3 is 1. The zero-order valence-corrected chi connectivity index (χ0v) is 11.0. The maximum Gasteiger partial charge on any atom is 0.336 e. The van der Waals surface area contributed by atoms with Crippen molar-refractivity contribution in [2.45, 2.75) is 6.10 Å². The number of hydrogen-bond acceptors (Lipinski definition) is 6. The Kier molecular flexibility index (Phi) is 5.97. The lowest BCUT2D eigenvalue weighted by Crippen LogP contribution is -2.42. The summed E-state index contributed by atoms with van der Waals surface area (Å²) in [4.78, 5) is 34.2. The summed E-state index contributed by atoms with van der Waals surface area (Å²) in [6, 6.07) is 3.37. The van der Waals surface area contributed by atoms with Crippen molar-refractivity contribution in [1.82, 2.24) is 10.6 Å². The first-order valence-electron chi connectivity index (χ1n) is 5.39. The number of aliphatic hydroxyl groups excluding tert-OH is 1. The van der Waals surface area contributed by atoms with Gasteiger partial charge in [-0.25, -0.2) is 4.79 Å². The molecular weight excluding hydrogens is 272 g/mol. The topological polar surface area (TPSA) is 105 Å². The minimum absolute atomic E-state index is 0.232. The van der Waals surface area contributed by atoms with E-state index < -0.39 is 18.0 Å². The molecule has 3 N–H and O–H groups in total. The number of thiophene rings is 1. The van der Waals surface area contributed by atoms with Crippen LogP contribution in [0.4, 0.5) is 0 Å². The molecule has 7 nitrogen and oxygen atoms in total. The summed E-state index contributed by atoms with van der Waals surface area (Å²) < 4.78 is 4.28. The largest absolute Gasteiger partial charge is 0.467 e. The second kappa shape index (κ2) is 7.49. The number of nitrogens with one attached hydrogen (secondary N) is 2. The van der Waals surface area contributed by atoms with Gasteiger partial charge in [0, 0.05) is 0 Å². The average molecular weight is 286 g/mol. The average Bonchev–Trinajstić information content (AvgIpc) is 2.95. The number of ether oxygens (including phenoxy) is 1. The van der Waals surface area contributed by atoms with Crippen molar-refractivity contribution in [3.05, 3.63) is 22.4 Å². The first-order valence-corrected chi connectivity index (χ1v) is 6.27. The van der Waals surface area contributed by atoms with E-state index in [1.807, 2.05) is 0 Å². The highest BCUT2D eigenvalue weighted by Gasteiger charge is 2.16. The maximum absolute atomic E-state index is 11.5. The van der Waals surface area contributed by atoms with Crippen molar-refractivity contribution in [2.24, 2.45) is 0 Å². The molecule has 19 heavy (non-hydrogen) atoms. The molecule has 0 aromatic carbocycles. The van der Waals surface area contributed by atoms with E-state index in [2.05, 4.69) is 15.4 Å². The molecule has 1 unspecified atom stereocenters. The first-order chi connectivity index (χ1) is 9.04. The predicted octanol–water partition coefficient (Wildman–Crippen LogP) is -0.872. The van der Waals surface area contributed by atoms with Gasteiger partial charge in [0.25, 0.3) is 5.91 Å². The molecule has 0 bridgehead atoms. The van der Waals surface area contributed by atoms with Crippen LogP contribution in [-0.2, 0) is 14.3 Å². The van der Waals surface area contributed by atoms with Gasteiger partial charge in [0.15, 0.2) is 6.10 Å². The Morgan fingerprint density at radius 1 is 1.42 bits per heavy atom. The van der Waals surface area contributed by atoms with Crippen LogP contribution in [0.1, 0.15) is 9.67 Å². The van der Waals surface area contributed by atoms with Gasteiger partial charge in [-0.1, -0.05) is 6.07 Å². The van der Waals surface area contributed by atoms with Crippen molar-refractivity contribution in [3.8, 4) is 0 Å². The van der Waals surface area contributed by atoms with E-state index >= 15 is 0 Å². The van der Waals surface area contributed by atoms with Gasteiger partial charge in [-0.3, -0.25) is 9.59 Å². The van der Waals surface area contributed by atoms with Crippen molar-refractivity contribution < 1.29 is 24.2 Å². The van der Waals surface area contributed by atoms with Gasteiger partial charge in [-0.05, 0) is 11.4 Å². The van der Waals surface area contributed by atoms with Crippen molar-refractivity contribution in [1.29, 1.82) is 0 Å². The second-order valence-electron chi connectivity index (χ2n) is 3.50. The van der Waals surface area contributed by atoms with Crippen LogP contribution in [0.5, 0.6) is 0 Å². The minimum Gasteiger partial charge on any atom is -0.467 e. The molecule has 1 aromatic rings. The fourth-order valence-corrected chi connectivity index (χ4v) is 1.79. The fourth-order valence-electron chi connectivity index (χ4n) is 1.15. The molecule has 1 aromatic heterocycles. The van der Waals surface area contributed by atoms with Crippen molar-refractivity contribution in [3.63, 3.8) is 0 Å². The molecular formula is C11H14N2O5S. The third-order valence-corrected chi connectivity index (χ3v) is 2.99. The van der Waals surface area contributed by atoms with E-state index in [1.165, 1.54) is 11.3 Å². The van der Waals surface area contributed by atoms with Crippen molar-refractivity contribution in [2.75, 3.05) is 20.2 Å². The molecule has 0 fully saturated rings. The van der Waals surface area contributed by atoms with Crippen LogP contribution in [0.15, 0.2) is 17.5 Å². The molecule has 0 saturated carbocycles. The number of amides is 2. The SMILES string of the molecule is COC(=O)C(O)CNC(=O)CNC(=O)c1cccs1. The molecule has 2 amide bonds. The molecule has 8 heteroatoms. The van der Waals surface area contributed by atoms with E-state index in [0.717, 1.165) is 7.11 Å². The highest BCUT2D eigenvalue weighted by Crippen LogP contribution is 2.07. The monoisotopic (exact) mass is 286 g/mol. The molecule has 0 aliphatic rings. The summed E-state index contributed by atoms with van der Waals surface area (Å²) in [6.07, 6.45) is -1.41. The van der Waals surface area contributed by atoms with E-state index in [9.17, 15) is 19.5 Å². The lowest BCUT2D eigenvalue weighted by molar-refractivity contribution is -0.150. The number of carbonyl (C=O) groups is 3. The Bertz CT molecular complexity index is 446. The highest BCUT2D eigenvalue weighted by atomic mass is 32.1. The van der Waals surface area contributed by atoms with Crippen LogP contribution in [0.25, 0.3) is 0 Å². The fraction of sp³-hybridized carbons (Fsp3) is 0.364. The molecule has 104 valence electrons. The summed E-state index contributed by atoms with van der Waals surface area (Å²) in [7, 11) is 1.13. The molecule has 0 saturated heterocycles. The summed E-state index contributed by atoms with van der Waals surface area (Å²) in [6.45, 7) is -0.495. The summed E-state index contributed by atoms with van der Waals surface area (Å²) >= 11 is 1.26. The second-order valence-corrected chi connectivity index (χ2v) is 4.45. The Morgan fingerprint density at radius 3 is 2.74 bits per heavy atom. The molecule has 0 spiro atoms. The third-order valence-electron chi connectivity index (χ3n) is 2.12. The predicted molar refractivity (Wildman–Crippen MR) is 67.7 cm³/mol. The van der Waals surface area contributed by atoms with Crippen molar-refractivity contribution >= 4 is 29.1 Å². The van der Waals surface area contributed by atoms with E-state index in [-0.39, 0.29) is 19.0 Å². The summed E-state index contributed by atoms with van der Waals surface area (Å²) in [5.41, 5.74) is 0. The van der Waals surface area contributed by atoms with Gasteiger partial charge in [-0.2, -0.15) is 0 Å². The standard InChI is InChI=1S/C11H14N2O5S/c1-18-11(17)7(14)5-12-9(15)6-13-10(16)8-3-2-4-19-8/h2-4,7,14H,5-6H2,1H3,(H,12,15)(H,13,16). The van der Waals surface area contributed by atoms with Gasteiger partial charge in [0.1, 0.15) is 0 Å². The lowest BCUT2D eigenvalue weighted by Gasteiger charge is -2.10. The summed E-state index contributed by atoms with van der Waals surface area (Å²) in [5.74, 6) is -1.69. The van der Waals surface area contributed by atoms with Gasteiger partial charge in [-0.15, -0.1) is 11.3 Å². The Morgan fingerprint density at radius 2 is 2.16 bits per heavy atom. The normalized spacial score (nSPS) is 11.5. The molecule has 1 heterocycles. The Hall–Kier alpha value is -1.93. The molecule has 0 aliphatic heterocycles. The van der Waals surface area contributed by atoms with Crippen LogP contribution in [0, 0.1) is 0 Å². The molecule has 1 atom stereocenters. The molecule has 0 radical (unpaired) electrons. The van der Waals surface area contributed by atoms with Crippen LogP contribution >= 0.6 is 11.3 Å². The number of esters is 1. The highest BCUT2D eigenvalue weighted by molar-refractivity contribution is 7.12. The van der Waals surface area contributed by atoms with Crippen LogP contribution in [-0.4, -0.2) is 49.2 Å². The first kappa shape index (κ1) is 15.1. The van der Waals surface area contributed by atoms with Crippen LogP contribution in [0.2, 0.25) is 0 Å². The number of aliphatic hydroxyl groups is 1. The smallest absolute Gasteiger partial charge is 0.336 e. The summed E-state index contributed by atoms with van der Waals surface area (Å²) in [5, 5.41) is 15.7. The lowest BCUT2D eigenvalue weighted by atomic mass is 10.3. The van der Waals surface area contributed by atoms with E-state index in [4.69, 9.17) is 0 Å². The quantitative estimate of drug-likeness (QED) is 0.590. The minimum atomic E-state index is -1.41. The number of carbonyl (C=O) groups excluding carboxylic acids is 3. The Balaban J connectivity index is 2.25. The van der Waals surface area contributed by atoms with Crippen LogP contribution in [0.3, 0.4) is 0 Å². The maximum atomic E-state index is 11.5. The van der Waals surface area contributed by atoms with Gasteiger partial charge in [0.05, 0.1) is 25.1 Å². The van der Waals surface area contributed by atoms with Gasteiger partial charge in [0.2, 0.25) is 5.91 Å². The Labute approximate surface area is 113 Å². The zero-order valence-electron chi connectivity index (χ0n) is 10.2. The zero-order chi connectivity index (χ0) is 14.3. The number of hydrogen-bond donors (Lipinski definition) is 3. The third kappa shape index (κ3) is 5.06. The van der Waals surface area contributed by atoms with E-state index in [1.54, 1.807) is 17.5 Å². The van der Waals surface area contributed by atoms with Crippen LogP contribution < -0.4 is 10.6 Å². The van der Waals surface area contributed by atoms with Gasteiger partial charge >= 0.3 is 5.97 Å².